The molecule has 0 fully saturated rings. The van der Waals surface area contributed by atoms with E-state index in [-0.39, 0.29) is 5.97 Å². The first-order valence-corrected chi connectivity index (χ1v) is 8.81. The van der Waals surface area contributed by atoms with Gasteiger partial charge in [-0.1, -0.05) is 0 Å². The molecule has 8 heteroatoms. The van der Waals surface area contributed by atoms with Gasteiger partial charge in [-0.05, 0) is 31.5 Å². The second-order valence-electron chi connectivity index (χ2n) is 5.37. The number of hydrogen-bond donors (Lipinski definition) is 1. The first kappa shape index (κ1) is 17.9. The molecule has 0 aliphatic heterocycles. The Hall–Kier alpha value is -2.87. The van der Waals surface area contributed by atoms with Crippen LogP contribution >= 0.6 is 11.3 Å². The van der Waals surface area contributed by atoms with E-state index < -0.39 is 0 Å². The van der Waals surface area contributed by atoms with E-state index in [9.17, 15) is 4.79 Å². The molecule has 0 unspecified atom stereocenters. The Morgan fingerprint density at radius 2 is 1.96 bits per heavy atom. The van der Waals surface area contributed by atoms with Gasteiger partial charge in [0.15, 0.2) is 11.5 Å². The zero-order valence-corrected chi connectivity index (χ0v) is 15.8. The zero-order valence-electron chi connectivity index (χ0n) is 15.0. The molecule has 0 aliphatic carbocycles. The fourth-order valence-corrected chi connectivity index (χ4v) is 3.65. The van der Waals surface area contributed by atoms with Crippen molar-refractivity contribution in [2.45, 2.75) is 13.8 Å². The van der Waals surface area contributed by atoms with Crippen molar-refractivity contribution in [3.05, 3.63) is 35.0 Å². The number of hydrogen-bond acceptors (Lipinski definition) is 8. The number of nitrogens with zero attached hydrogens (tertiary/aromatic N) is 2. The van der Waals surface area contributed by atoms with E-state index in [0.29, 0.717) is 28.8 Å². The molecule has 0 amide bonds. The summed E-state index contributed by atoms with van der Waals surface area (Å²) in [5.74, 6) is 1.52. The maximum Gasteiger partial charge on any atom is 0.348 e. The summed E-state index contributed by atoms with van der Waals surface area (Å²) < 4.78 is 15.7. The molecular formula is C18H19N3O4S. The zero-order chi connectivity index (χ0) is 18.7. The predicted molar refractivity (Wildman–Crippen MR) is 101 cm³/mol. The largest absolute Gasteiger partial charge is 0.493 e. The molecule has 0 radical (unpaired) electrons. The lowest BCUT2D eigenvalue weighted by atomic mass is 10.2. The van der Waals surface area contributed by atoms with Gasteiger partial charge in [-0.2, -0.15) is 0 Å². The third-order valence-electron chi connectivity index (χ3n) is 3.83. The van der Waals surface area contributed by atoms with Gasteiger partial charge >= 0.3 is 5.97 Å². The fraction of sp³-hybridized carbons (Fsp3) is 0.278. The van der Waals surface area contributed by atoms with E-state index in [2.05, 4.69) is 15.3 Å². The maximum atomic E-state index is 12.1. The van der Waals surface area contributed by atoms with Gasteiger partial charge in [0.05, 0.1) is 26.2 Å². The number of carbonyl (C=O) groups excluding carboxylic acids is 1. The van der Waals surface area contributed by atoms with Crippen LogP contribution in [-0.2, 0) is 4.74 Å². The minimum atomic E-state index is -0.343. The number of thiophene rings is 1. The normalized spacial score (nSPS) is 10.6. The third-order valence-corrected chi connectivity index (χ3v) is 5.01. The molecule has 0 atom stereocenters. The van der Waals surface area contributed by atoms with Crippen molar-refractivity contribution < 1.29 is 19.0 Å². The van der Waals surface area contributed by atoms with Crippen LogP contribution in [0.25, 0.3) is 10.2 Å². The van der Waals surface area contributed by atoms with Crippen LogP contribution in [0.3, 0.4) is 0 Å². The summed E-state index contributed by atoms with van der Waals surface area (Å²) in [5.41, 5.74) is 1.58. The summed E-state index contributed by atoms with van der Waals surface area (Å²) in [6, 6.07) is 5.49. The number of methoxy groups -OCH3 is 2. The number of ether oxygens (including phenoxy) is 3. The predicted octanol–water partition coefficient (Wildman–Crippen LogP) is 3.94. The van der Waals surface area contributed by atoms with Crippen LogP contribution in [-0.4, -0.2) is 36.8 Å². The molecule has 2 aromatic heterocycles. The monoisotopic (exact) mass is 373 g/mol. The van der Waals surface area contributed by atoms with Crippen LogP contribution in [0.4, 0.5) is 11.5 Å². The lowest BCUT2D eigenvalue weighted by molar-refractivity contribution is 0.0531. The Bertz CT molecular complexity index is 955. The number of carbonyl (C=O) groups is 1. The van der Waals surface area contributed by atoms with Crippen molar-refractivity contribution in [1.82, 2.24) is 9.97 Å². The molecule has 26 heavy (non-hydrogen) atoms. The smallest absolute Gasteiger partial charge is 0.348 e. The molecule has 1 aromatic carbocycles. The average molecular weight is 373 g/mol. The number of aromatic nitrogens is 2. The highest BCUT2D eigenvalue weighted by atomic mass is 32.1. The van der Waals surface area contributed by atoms with Crippen LogP contribution in [0, 0.1) is 6.92 Å². The van der Waals surface area contributed by atoms with Crippen molar-refractivity contribution in [2.24, 2.45) is 0 Å². The molecule has 0 saturated carbocycles. The van der Waals surface area contributed by atoms with Crippen molar-refractivity contribution in [3.63, 3.8) is 0 Å². The van der Waals surface area contributed by atoms with Crippen LogP contribution in [0.2, 0.25) is 0 Å². The van der Waals surface area contributed by atoms with Crippen LogP contribution in [0.15, 0.2) is 24.5 Å². The van der Waals surface area contributed by atoms with Gasteiger partial charge in [-0.3, -0.25) is 0 Å². The van der Waals surface area contributed by atoms with Gasteiger partial charge in [-0.25, -0.2) is 14.8 Å². The number of aryl methyl sites for hydroxylation is 1. The standard InChI is InChI=1S/C18H19N3O4S/c1-5-25-18(22)15-10(2)14-16(19-9-20-17(14)26-15)21-11-6-7-12(23-3)13(8-11)24-4/h6-9H,5H2,1-4H3,(H,19,20,21). The summed E-state index contributed by atoms with van der Waals surface area (Å²) in [5, 5.41) is 4.07. The van der Waals surface area contributed by atoms with E-state index in [1.165, 1.54) is 17.7 Å². The van der Waals surface area contributed by atoms with Crippen LogP contribution in [0.5, 0.6) is 11.5 Å². The average Bonchev–Trinajstić information content (AvgIpc) is 2.99. The minimum absolute atomic E-state index is 0.328. The molecule has 3 rings (SSSR count). The maximum absolute atomic E-state index is 12.1. The lowest BCUT2D eigenvalue weighted by Gasteiger charge is -2.11. The Morgan fingerprint density at radius 1 is 1.19 bits per heavy atom. The molecule has 136 valence electrons. The molecule has 3 aromatic rings. The quantitative estimate of drug-likeness (QED) is 0.655. The SMILES string of the molecule is CCOC(=O)c1sc2ncnc(Nc3ccc(OC)c(OC)c3)c2c1C. The highest BCUT2D eigenvalue weighted by Gasteiger charge is 2.20. The first-order valence-electron chi connectivity index (χ1n) is 7.99. The Morgan fingerprint density at radius 3 is 2.65 bits per heavy atom. The molecule has 0 aliphatic rings. The summed E-state index contributed by atoms with van der Waals surface area (Å²) in [4.78, 5) is 22.0. The van der Waals surface area contributed by atoms with Crippen LogP contribution < -0.4 is 14.8 Å². The van der Waals surface area contributed by atoms with Gasteiger partial charge in [0, 0.05) is 11.8 Å². The van der Waals surface area contributed by atoms with E-state index in [1.54, 1.807) is 21.1 Å². The number of fused-ring (bicyclic) bond motifs is 1. The highest BCUT2D eigenvalue weighted by molar-refractivity contribution is 7.20. The molecule has 2 heterocycles. The van der Waals surface area contributed by atoms with Crippen molar-refractivity contribution in [2.75, 3.05) is 26.1 Å². The molecule has 7 nitrogen and oxygen atoms in total. The fourth-order valence-electron chi connectivity index (χ4n) is 2.61. The van der Waals surface area contributed by atoms with E-state index in [4.69, 9.17) is 14.2 Å². The number of benzene rings is 1. The van der Waals surface area contributed by atoms with Crippen LogP contribution in [0.1, 0.15) is 22.2 Å². The topological polar surface area (TPSA) is 82.6 Å². The Labute approximate surface area is 154 Å². The van der Waals surface area contributed by atoms with Gasteiger partial charge in [0.1, 0.15) is 21.9 Å². The molecule has 0 bridgehead atoms. The second-order valence-corrected chi connectivity index (χ2v) is 6.37. The van der Waals surface area contributed by atoms with E-state index in [0.717, 1.165) is 21.5 Å². The Kier molecular flexibility index (Phi) is 5.22. The van der Waals surface area contributed by atoms with Gasteiger partial charge in [0.2, 0.25) is 0 Å². The molecule has 0 spiro atoms. The van der Waals surface area contributed by atoms with E-state index in [1.807, 2.05) is 25.1 Å². The van der Waals surface area contributed by atoms with Crippen molar-refractivity contribution in [1.29, 1.82) is 0 Å². The second kappa shape index (κ2) is 7.57. The van der Waals surface area contributed by atoms with Gasteiger partial charge in [0.25, 0.3) is 0 Å². The van der Waals surface area contributed by atoms with E-state index >= 15 is 0 Å². The van der Waals surface area contributed by atoms with Crippen molar-refractivity contribution >= 4 is 39.0 Å². The van der Waals surface area contributed by atoms with Gasteiger partial charge in [-0.15, -0.1) is 11.3 Å². The Balaban J connectivity index is 2.02. The highest BCUT2D eigenvalue weighted by Crippen LogP contribution is 2.36. The molecule has 1 N–H and O–H groups in total. The minimum Gasteiger partial charge on any atom is -0.493 e. The first-order chi connectivity index (χ1) is 12.6. The summed E-state index contributed by atoms with van der Waals surface area (Å²) in [6.07, 6.45) is 1.47. The number of nitrogens with one attached hydrogen (secondary N) is 1. The number of esters is 1. The molecule has 0 saturated heterocycles. The number of rotatable bonds is 6. The summed E-state index contributed by atoms with van der Waals surface area (Å²) in [7, 11) is 3.17. The van der Waals surface area contributed by atoms with Crippen molar-refractivity contribution in [3.8, 4) is 11.5 Å². The molecular weight excluding hydrogens is 354 g/mol. The lowest BCUT2D eigenvalue weighted by Crippen LogP contribution is -2.03. The summed E-state index contributed by atoms with van der Waals surface area (Å²) >= 11 is 1.30. The summed E-state index contributed by atoms with van der Waals surface area (Å²) in [6.45, 7) is 3.98. The number of anilines is 2. The third kappa shape index (κ3) is 3.28. The van der Waals surface area contributed by atoms with Gasteiger partial charge < -0.3 is 19.5 Å².